The molecular weight excluding hydrogens is 328 g/mol. The monoisotopic (exact) mass is 350 g/mol. The fraction of sp³-hybridized carbons (Fsp3) is 0.263. The number of guanidine groups is 1. The van der Waals surface area contributed by atoms with Gasteiger partial charge < -0.3 is 15.1 Å². The summed E-state index contributed by atoms with van der Waals surface area (Å²) in [4.78, 5) is 17.2. The van der Waals surface area contributed by atoms with E-state index >= 15 is 0 Å². The van der Waals surface area contributed by atoms with Gasteiger partial charge in [-0.15, -0.1) is 0 Å². The number of aliphatic imine (C=N–C) groups is 1. The molecule has 26 heavy (non-hydrogen) atoms. The highest BCUT2D eigenvalue weighted by Gasteiger charge is 2.07. The van der Waals surface area contributed by atoms with Gasteiger partial charge in [-0.05, 0) is 32.0 Å². The number of nitrogens with zero attached hydrogens (tertiary/aromatic N) is 4. The number of benzene rings is 1. The maximum absolute atomic E-state index is 5.57. The quantitative estimate of drug-likeness (QED) is 0.543. The van der Waals surface area contributed by atoms with E-state index in [1.165, 1.54) is 5.56 Å². The summed E-state index contributed by atoms with van der Waals surface area (Å²) < 4.78 is 5.57. The van der Waals surface area contributed by atoms with Gasteiger partial charge >= 0.3 is 0 Å². The minimum Gasteiger partial charge on any atom is -0.444 e. The zero-order chi connectivity index (χ0) is 18.4. The number of oxazole rings is 1. The highest BCUT2D eigenvalue weighted by atomic mass is 16.3. The van der Waals surface area contributed by atoms with Crippen molar-refractivity contribution in [3.05, 3.63) is 65.6 Å². The molecular formula is C19H22N6O. The molecule has 0 saturated heterocycles. The Morgan fingerprint density at radius 1 is 1.00 bits per heavy atom. The second-order valence-electron chi connectivity index (χ2n) is 5.88. The van der Waals surface area contributed by atoms with E-state index in [4.69, 9.17) is 4.42 Å². The molecule has 134 valence electrons. The summed E-state index contributed by atoms with van der Waals surface area (Å²) in [5.41, 5.74) is 3.88. The lowest BCUT2D eigenvalue weighted by Crippen LogP contribution is -2.36. The second-order valence-corrected chi connectivity index (χ2v) is 5.88. The summed E-state index contributed by atoms with van der Waals surface area (Å²) in [6, 6.07) is 9.96. The number of nitrogens with one attached hydrogen (secondary N) is 2. The first kappa shape index (κ1) is 17.6. The molecule has 3 rings (SSSR count). The Balaban J connectivity index is 1.55. The predicted octanol–water partition coefficient (Wildman–Crippen LogP) is 2.61. The highest BCUT2D eigenvalue weighted by Crippen LogP contribution is 2.18. The predicted molar refractivity (Wildman–Crippen MR) is 100 cm³/mol. The third-order valence-corrected chi connectivity index (χ3v) is 3.78. The van der Waals surface area contributed by atoms with E-state index in [0.717, 1.165) is 22.8 Å². The van der Waals surface area contributed by atoms with Crippen molar-refractivity contribution < 1.29 is 4.42 Å². The van der Waals surface area contributed by atoms with Gasteiger partial charge in [0.1, 0.15) is 12.1 Å². The summed E-state index contributed by atoms with van der Waals surface area (Å²) >= 11 is 0. The maximum Gasteiger partial charge on any atom is 0.226 e. The fourth-order valence-electron chi connectivity index (χ4n) is 2.39. The molecule has 0 aliphatic rings. The number of aryl methyl sites for hydroxylation is 2. The molecule has 0 radical (unpaired) electrons. The molecule has 7 heteroatoms. The lowest BCUT2D eigenvalue weighted by atomic mass is 10.1. The molecule has 0 bridgehead atoms. The number of aromatic nitrogens is 3. The van der Waals surface area contributed by atoms with Gasteiger partial charge in [0.05, 0.1) is 24.5 Å². The van der Waals surface area contributed by atoms with Crippen molar-refractivity contribution in [2.45, 2.75) is 26.9 Å². The lowest BCUT2D eigenvalue weighted by Gasteiger charge is -2.10. The smallest absolute Gasteiger partial charge is 0.226 e. The molecule has 0 amide bonds. The molecule has 7 nitrogen and oxygen atoms in total. The van der Waals surface area contributed by atoms with Crippen LogP contribution in [0.1, 0.15) is 22.8 Å². The molecule has 0 aliphatic carbocycles. The van der Waals surface area contributed by atoms with Crippen LogP contribution in [0, 0.1) is 13.8 Å². The average Bonchev–Trinajstić information content (AvgIpc) is 3.11. The summed E-state index contributed by atoms with van der Waals surface area (Å²) in [7, 11) is 1.72. The lowest BCUT2D eigenvalue weighted by molar-refractivity contribution is 0.572. The number of rotatable bonds is 5. The topological polar surface area (TPSA) is 88.2 Å². The van der Waals surface area contributed by atoms with Gasteiger partial charge in [0, 0.05) is 18.8 Å². The Bertz CT molecular complexity index is 885. The first-order valence-electron chi connectivity index (χ1n) is 8.38. The van der Waals surface area contributed by atoms with Crippen LogP contribution in [0.25, 0.3) is 11.5 Å². The van der Waals surface area contributed by atoms with Crippen LogP contribution >= 0.6 is 0 Å². The van der Waals surface area contributed by atoms with Crippen LogP contribution in [0.3, 0.4) is 0 Å². The third kappa shape index (κ3) is 4.66. The van der Waals surface area contributed by atoms with Gasteiger partial charge in [-0.3, -0.25) is 4.99 Å². The summed E-state index contributed by atoms with van der Waals surface area (Å²) in [6.45, 7) is 5.00. The molecule has 0 aliphatic heterocycles. The molecule has 2 heterocycles. The Kier molecular flexibility index (Phi) is 5.58. The van der Waals surface area contributed by atoms with Crippen LogP contribution in [-0.4, -0.2) is 28.0 Å². The molecule has 0 saturated carbocycles. The van der Waals surface area contributed by atoms with Gasteiger partial charge in [-0.1, -0.05) is 17.7 Å². The van der Waals surface area contributed by atoms with E-state index in [1.54, 1.807) is 19.5 Å². The van der Waals surface area contributed by atoms with Gasteiger partial charge in [0.25, 0.3) is 0 Å². The van der Waals surface area contributed by atoms with Crippen molar-refractivity contribution in [2.75, 3.05) is 7.05 Å². The number of hydrogen-bond acceptors (Lipinski definition) is 5. The molecule has 0 atom stereocenters. The van der Waals surface area contributed by atoms with Crippen molar-refractivity contribution >= 4 is 5.96 Å². The van der Waals surface area contributed by atoms with Crippen molar-refractivity contribution in [3.8, 4) is 11.5 Å². The normalized spacial score (nSPS) is 11.4. The Hall–Kier alpha value is -3.22. The van der Waals surface area contributed by atoms with Crippen molar-refractivity contribution in [3.63, 3.8) is 0 Å². The van der Waals surface area contributed by atoms with Gasteiger partial charge in [-0.2, -0.15) is 0 Å². The van der Waals surface area contributed by atoms with Crippen LogP contribution in [0.15, 0.2) is 52.2 Å². The van der Waals surface area contributed by atoms with E-state index in [1.807, 2.05) is 37.3 Å². The van der Waals surface area contributed by atoms with Crippen LogP contribution < -0.4 is 10.6 Å². The van der Waals surface area contributed by atoms with Gasteiger partial charge in [0.2, 0.25) is 5.89 Å². The first-order valence-corrected chi connectivity index (χ1v) is 8.38. The SMILES string of the molecule is CN=C(NCc1ccnc(C)n1)NCc1coc(-c2ccc(C)cc2)n1. The molecule has 0 fully saturated rings. The highest BCUT2D eigenvalue weighted by molar-refractivity contribution is 5.79. The summed E-state index contributed by atoms with van der Waals surface area (Å²) in [5, 5.41) is 6.44. The standard InChI is InChI=1S/C19H22N6O/c1-13-4-6-15(7-5-13)18-25-17(12-26-18)11-23-19(20-3)22-10-16-8-9-21-14(2)24-16/h4-9,12H,10-11H2,1-3H3,(H2,20,22,23). The Labute approximate surface area is 152 Å². The molecule has 1 aromatic carbocycles. The third-order valence-electron chi connectivity index (χ3n) is 3.78. The zero-order valence-corrected chi connectivity index (χ0v) is 15.2. The van der Waals surface area contributed by atoms with Crippen LogP contribution in [-0.2, 0) is 13.1 Å². The van der Waals surface area contributed by atoms with Crippen LogP contribution in [0.5, 0.6) is 0 Å². The van der Waals surface area contributed by atoms with E-state index in [0.29, 0.717) is 24.9 Å². The molecule has 0 unspecified atom stereocenters. The van der Waals surface area contributed by atoms with Crippen molar-refractivity contribution in [1.82, 2.24) is 25.6 Å². The van der Waals surface area contributed by atoms with Crippen LogP contribution in [0.2, 0.25) is 0 Å². The Morgan fingerprint density at radius 2 is 1.73 bits per heavy atom. The second kappa shape index (κ2) is 8.24. The zero-order valence-electron chi connectivity index (χ0n) is 15.2. The Morgan fingerprint density at radius 3 is 2.42 bits per heavy atom. The van der Waals surface area contributed by atoms with Gasteiger partial charge in [-0.25, -0.2) is 15.0 Å². The largest absolute Gasteiger partial charge is 0.444 e. The number of hydrogen-bond donors (Lipinski definition) is 2. The molecule has 3 aromatic rings. The van der Waals surface area contributed by atoms with E-state index < -0.39 is 0 Å². The van der Waals surface area contributed by atoms with Crippen LogP contribution in [0.4, 0.5) is 0 Å². The molecule has 2 aromatic heterocycles. The van der Waals surface area contributed by atoms with Gasteiger partial charge in [0.15, 0.2) is 5.96 Å². The van der Waals surface area contributed by atoms with E-state index in [2.05, 4.69) is 37.5 Å². The summed E-state index contributed by atoms with van der Waals surface area (Å²) in [5.74, 6) is 2.03. The van der Waals surface area contributed by atoms with Crippen molar-refractivity contribution in [2.24, 2.45) is 4.99 Å². The minimum atomic E-state index is 0.512. The summed E-state index contributed by atoms with van der Waals surface area (Å²) in [6.07, 6.45) is 3.40. The minimum absolute atomic E-state index is 0.512. The maximum atomic E-state index is 5.57. The molecule has 2 N–H and O–H groups in total. The first-order chi connectivity index (χ1) is 12.6. The van der Waals surface area contributed by atoms with E-state index in [-0.39, 0.29) is 0 Å². The fourth-order valence-corrected chi connectivity index (χ4v) is 2.39. The van der Waals surface area contributed by atoms with E-state index in [9.17, 15) is 0 Å². The average molecular weight is 350 g/mol. The van der Waals surface area contributed by atoms with Crippen molar-refractivity contribution in [1.29, 1.82) is 0 Å². The molecule has 0 spiro atoms.